The zero-order chi connectivity index (χ0) is 59.1. The first-order chi connectivity index (χ1) is 40.2. The molecule has 6 nitrogen and oxygen atoms in total. The van der Waals surface area contributed by atoms with Crippen LogP contribution in [0, 0.1) is 36.7 Å². The molecule has 0 bridgehead atoms. The minimum absolute atomic E-state index is 0.122. The van der Waals surface area contributed by atoms with Crippen molar-refractivity contribution in [3.63, 3.8) is 0 Å². The molecule has 0 saturated carbocycles. The van der Waals surface area contributed by atoms with Gasteiger partial charge in [-0.2, -0.15) is 0 Å². The Labute approximate surface area is 455 Å². The van der Waals surface area contributed by atoms with E-state index in [9.17, 15) is 5.48 Å². The third-order valence-corrected chi connectivity index (χ3v) is 15.3. The summed E-state index contributed by atoms with van der Waals surface area (Å²) in [7, 11) is 0. The number of pyridine rings is 1. The topological polar surface area (TPSA) is 41.8 Å². The average Bonchev–Trinajstić information content (AvgIpc) is 1.63. The summed E-state index contributed by atoms with van der Waals surface area (Å²) in [6.07, 6.45) is 1.84. The molecule has 0 radical (unpaired) electrons. The Kier molecular flexibility index (Phi) is 8.56. The SMILES string of the molecule is [2H]c1c([2H])c([2H])c(-c2cc(-n3c4ccccc4c4ccccc43)cc(-c3c([2H])c([2H])c([2H])c([2H])c3[2H])c2-n2[c](=[Pt])n(-c3[c-]c(Oc4[c-]c5c(cc4)c4ccccc4n5-c4cc(C(C)(C)C)ccn4)c(C)c(C)c3C)c3ccccc32)c([2H])c1[2H]. The van der Waals surface area contributed by atoms with Gasteiger partial charge in [0.05, 0.1) is 0 Å². The number of fused-ring (bicyclic) bond motifs is 7. The van der Waals surface area contributed by atoms with Crippen molar-refractivity contribution < 1.29 is 37.8 Å². The number of rotatable bonds is 8. The number of ether oxygens (including phenoxy) is 1. The second-order valence-corrected chi connectivity index (χ2v) is 20.5. The summed E-state index contributed by atoms with van der Waals surface area (Å²) in [5.74, 6) is 1.64. The van der Waals surface area contributed by atoms with Crippen LogP contribution in [0.15, 0.2) is 200 Å². The Balaban J connectivity index is 1.10. The van der Waals surface area contributed by atoms with Gasteiger partial charge in [0.15, 0.2) is 0 Å². The molecule has 0 atom stereocenters. The van der Waals surface area contributed by atoms with Crippen LogP contribution in [0.5, 0.6) is 11.5 Å². The average molecular weight is 1150 g/mol. The van der Waals surface area contributed by atoms with Gasteiger partial charge >= 0.3 is 401 Å². The standard InChI is InChI=1S/C67H51N5O.Pt/c1-43-44(2)62(41-64(45(43)3)73-50-33-34-54-53-27-15-18-30-59(53)72(63(54)40-50)65-37-48(35-36-68-65)67(4,5)6)69-42-70(61-32-20-19-31-60(61)69)66-55(46-21-9-7-10-22-46)38-49(39-56(66)47-23-11-8-12-24-47)71-57-28-16-13-25-51(57)52-26-14-17-29-58(52)71;/h7-39H,1-6H3;/q-2;/i7D,8D,9D,10D,11D,12D,21D,22D,23D,24D;. The van der Waals surface area contributed by atoms with E-state index < -0.39 is 60.4 Å². The molecular formula is C67H51N5OPt-2. The zero-order valence-electron chi connectivity index (χ0n) is 51.2. The molecular weight excluding hydrogens is 1090 g/mol. The fraction of sp³-hybridized carbons (Fsp3) is 0.104. The Morgan fingerprint density at radius 3 is 1.64 bits per heavy atom. The predicted octanol–water partition coefficient (Wildman–Crippen LogP) is 17.0. The van der Waals surface area contributed by atoms with Gasteiger partial charge in [-0.15, -0.1) is 0 Å². The van der Waals surface area contributed by atoms with Gasteiger partial charge in [-0.25, -0.2) is 0 Å². The van der Waals surface area contributed by atoms with Gasteiger partial charge in [-0.1, -0.05) is 32.9 Å². The van der Waals surface area contributed by atoms with E-state index in [1.807, 2.05) is 144 Å². The Morgan fingerprint density at radius 2 is 1.05 bits per heavy atom. The van der Waals surface area contributed by atoms with Gasteiger partial charge in [0.1, 0.15) is 0 Å². The number of hydrogen-bond acceptors (Lipinski definition) is 2. The zero-order valence-corrected chi connectivity index (χ0v) is 43.5. The van der Waals surface area contributed by atoms with Crippen molar-refractivity contribution in [3.8, 4) is 56.6 Å². The van der Waals surface area contributed by atoms with Crippen LogP contribution in [0.25, 0.3) is 99.8 Å². The fourth-order valence-corrected chi connectivity index (χ4v) is 11.5. The first-order valence-corrected chi connectivity index (χ1v) is 25.4. The predicted molar refractivity (Wildman–Crippen MR) is 300 cm³/mol. The normalized spacial score (nSPS) is 13.9. The molecule has 74 heavy (non-hydrogen) atoms. The molecule has 13 rings (SSSR count). The van der Waals surface area contributed by atoms with Crippen LogP contribution in [0.1, 0.15) is 56.7 Å². The van der Waals surface area contributed by atoms with Crippen LogP contribution in [-0.4, -0.2) is 23.3 Å². The molecule has 0 amide bonds. The van der Waals surface area contributed by atoms with E-state index in [4.69, 9.17) is 17.9 Å². The molecule has 4 heterocycles. The molecule has 0 unspecified atom stereocenters. The minimum atomic E-state index is -0.583. The number of para-hydroxylation sites is 5. The van der Waals surface area contributed by atoms with Crippen LogP contribution in [0.4, 0.5) is 0 Å². The summed E-state index contributed by atoms with van der Waals surface area (Å²) < 4.78 is 108. The molecule has 0 aliphatic carbocycles. The van der Waals surface area contributed by atoms with Crippen molar-refractivity contribution >= 4 is 54.6 Å². The molecule has 0 aliphatic heterocycles. The molecule has 0 N–H and O–H groups in total. The van der Waals surface area contributed by atoms with Gasteiger partial charge in [-0.3, -0.25) is 0 Å². The van der Waals surface area contributed by atoms with Crippen molar-refractivity contribution in [1.29, 1.82) is 0 Å². The van der Waals surface area contributed by atoms with E-state index in [1.54, 1.807) is 12.1 Å². The molecule has 0 aliphatic rings. The molecule has 0 saturated heterocycles. The number of aromatic nitrogens is 5. The summed E-state index contributed by atoms with van der Waals surface area (Å²) in [6, 6.07) is 45.1. The molecule has 7 heteroatoms. The van der Waals surface area contributed by atoms with Crippen molar-refractivity contribution in [1.82, 2.24) is 23.3 Å². The van der Waals surface area contributed by atoms with Gasteiger partial charge in [0.25, 0.3) is 0 Å². The third kappa shape index (κ3) is 7.34. The number of nitrogens with zero attached hydrogens (tertiary/aromatic N) is 5. The second-order valence-electron chi connectivity index (χ2n) is 19.5. The van der Waals surface area contributed by atoms with E-state index >= 15 is 0 Å². The maximum absolute atomic E-state index is 9.62. The van der Waals surface area contributed by atoms with Gasteiger partial charge in [0, 0.05) is 6.20 Å². The van der Waals surface area contributed by atoms with E-state index in [-0.39, 0.29) is 33.4 Å². The van der Waals surface area contributed by atoms with Crippen LogP contribution in [0.2, 0.25) is 0 Å². The fourth-order valence-electron chi connectivity index (χ4n) is 10.4. The summed E-state index contributed by atoms with van der Waals surface area (Å²) >= 11 is 2.22. The number of imidazole rings is 1. The monoisotopic (exact) mass is 1150 g/mol. The molecule has 0 fully saturated rings. The first kappa shape index (κ1) is 35.7. The van der Waals surface area contributed by atoms with E-state index in [0.717, 1.165) is 71.7 Å². The Morgan fingerprint density at radius 1 is 0.527 bits per heavy atom. The van der Waals surface area contributed by atoms with Gasteiger partial charge < -0.3 is 0 Å². The van der Waals surface area contributed by atoms with Crippen molar-refractivity contribution in [3.05, 3.63) is 238 Å². The first-order valence-electron chi connectivity index (χ1n) is 29.3. The van der Waals surface area contributed by atoms with E-state index in [0.29, 0.717) is 37.7 Å². The maximum atomic E-state index is 9.62. The summed E-state index contributed by atoms with van der Waals surface area (Å²) in [5, 5.41) is 3.86. The number of hydrogen-bond donors (Lipinski definition) is 0. The van der Waals surface area contributed by atoms with Crippen LogP contribution in [-0.2, 0) is 24.8 Å². The molecule has 362 valence electrons. The van der Waals surface area contributed by atoms with Gasteiger partial charge in [0.2, 0.25) is 0 Å². The summed E-state index contributed by atoms with van der Waals surface area (Å²) in [5.41, 5.74) is 9.49. The van der Waals surface area contributed by atoms with Crippen LogP contribution < -0.4 is 4.74 Å². The second kappa shape index (κ2) is 17.7. The van der Waals surface area contributed by atoms with E-state index in [1.165, 1.54) is 0 Å². The van der Waals surface area contributed by atoms with Crippen LogP contribution in [0.3, 0.4) is 0 Å². The quantitative estimate of drug-likeness (QED) is 0.142. The summed E-state index contributed by atoms with van der Waals surface area (Å²) in [4.78, 5) is 4.87. The van der Waals surface area contributed by atoms with Crippen molar-refractivity contribution in [2.24, 2.45) is 0 Å². The molecule has 13 aromatic rings. The molecule has 0 spiro atoms. The van der Waals surface area contributed by atoms with E-state index in [2.05, 4.69) is 75.0 Å². The van der Waals surface area contributed by atoms with Crippen LogP contribution >= 0.6 is 0 Å². The Hall–Kier alpha value is -8.31. The third-order valence-electron chi connectivity index (χ3n) is 14.3. The molecule has 4 aromatic heterocycles. The van der Waals surface area contributed by atoms with Gasteiger partial charge in [-0.05, 0) is 17.0 Å². The Bertz CT molecular complexity index is 4870. The van der Waals surface area contributed by atoms with Crippen molar-refractivity contribution in [2.45, 2.75) is 47.0 Å². The van der Waals surface area contributed by atoms with Crippen molar-refractivity contribution in [2.75, 3.05) is 0 Å². The molecule has 9 aromatic carbocycles. The number of benzene rings is 9. The summed E-state index contributed by atoms with van der Waals surface area (Å²) in [6.45, 7) is 12.6.